The van der Waals surface area contributed by atoms with Gasteiger partial charge in [-0.1, -0.05) is 12.8 Å². The maximum absolute atomic E-state index is 11.5. The van der Waals surface area contributed by atoms with Gasteiger partial charge >= 0.3 is 0 Å². The van der Waals surface area contributed by atoms with Crippen LogP contribution in [0.4, 0.5) is 5.69 Å². The van der Waals surface area contributed by atoms with Gasteiger partial charge < -0.3 is 9.47 Å². The van der Waals surface area contributed by atoms with E-state index in [0.29, 0.717) is 48.8 Å². The Labute approximate surface area is 140 Å². The predicted octanol–water partition coefficient (Wildman–Crippen LogP) is 3.95. The predicted molar refractivity (Wildman–Crippen MR) is 86.2 cm³/mol. The monoisotopic (exact) mass is 338 g/mol. The largest absolute Gasteiger partial charge is 0.493 e. The fraction of sp³-hybridized carbons (Fsp3) is 0.562. The second kappa shape index (κ2) is 7.51. The summed E-state index contributed by atoms with van der Waals surface area (Å²) in [5, 5.41) is 21.1. The second-order valence-corrected chi connectivity index (χ2v) is 5.95. The van der Waals surface area contributed by atoms with Gasteiger partial charge in [0.2, 0.25) is 0 Å². The molecule has 0 radical (unpaired) electrons. The molecular weight excluding hydrogens is 320 g/mol. The van der Waals surface area contributed by atoms with Crippen molar-refractivity contribution in [3.8, 4) is 17.6 Å². The molecule has 1 fully saturated rings. The summed E-state index contributed by atoms with van der Waals surface area (Å²) in [5.74, 6) is 1.15. The van der Waals surface area contributed by atoms with Crippen molar-refractivity contribution < 1.29 is 14.4 Å². The first-order valence-corrected chi connectivity index (χ1v) is 8.08. The molecule has 0 heterocycles. The first kappa shape index (κ1) is 17.4. The van der Waals surface area contributed by atoms with Crippen molar-refractivity contribution in [2.75, 3.05) is 19.6 Å². The van der Waals surface area contributed by atoms with Gasteiger partial charge in [-0.3, -0.25) is 10.1 Å². The number of nitro benzene ring substituents is 1. The van der Waals surface area contributed by atoms with Crippen LogP contribution >= 0.6 is 11.6 Å². The quantitative estimate of drug-likeness (QED) is 0.325. The molecule has 1 aromatic rings. The van der Waals surface area contributed by atoms with Crippen LogP contribution in [0.15, 0.2) is 12.1 Å². The fourth-order valence-corrected chi connectivity index (χ4v) is 3.12. The molecule has 0 bridgehead atoms. The Morgan fingerprint density at radius 1 is 1.39 bits per heavy atom. The van der Waals surface area contributed by atoms with E-state index in [0.717, 1.165) is 12.8 Å². The minimum absolute atomic E-state index is 0.0878. The average molecular weight is 339 g/mol. The first-order chi connectivity index (χ1) is 11.1. The van der Waals surface area contributed by atoms with E-state index >= 15 is 0 Å². The molecule has 1 aliphatic rings. The van der Waals surface area contributed by atoms with Crippen molar-refractivity contribution in [3.05, 3.63) is 27.8 Å². The van der Waals surface area contributed by atoms with Crippen molar-refractivity contribution in [3.63, 3.8) is 0 Å². The second-order valence-electron chi connectivity index (χ2n) is 5.57. The third-order valence-corrected chi connectivity index (χ3v) is 4.47. The number of methoxy groups -OCH3 is 1. The number of halogens is 1. The van der Waals surface area contributed by atoms with Crippen LogP contribution in [-0.4, -0.2) is 24.5 Å². The van der Waals surface area contributed by atoms with Crippen molar-refractivity contribution >= 4 is 17.3 Å². The number of nitro groups is 1. The number of rotatable bonds is 7. The SMILES string of the molecule is COc1cc(C2(C#N)CCCC2)c([N+](=O)[O-])cc1OCCCCl. The van der Waals surface area contributed by atoms with Crippen LogP contribution in [-0.2, 0) is 5.41 Å². The Bertz CT molecular complexity index is 621. The molecule has 0 aromatic heterocycles. The number of nitrogens with zero attached hydrogens (tertiary/aromatic N) is 2. The molecule has 23 heavy (non-hydrogen) atoms. The number of hydrogen-bond donors (Lipinski definition) is 0. The smallest absolute Gasteiger partial charge is 0.278 e. The zero-order chi connectivity index (χ0) is 16.9. The van der Waals surface area contributed by atoms with E-state index in [1.54, 1.807) is 6.07 Å². The van der Waals surface area contributed by atoms with Crippen LogP contribution in [0.25, 0.3) is 0 Å². The fourth-order valence-electron chi connectivity index (χ4n) is 3.01. The summed E-state index contributed by atoms with van der Waals surface area (Å²) in [4.78, 5) is 11.0. The van der Waals surface area contributed by atoms with Gasteiger partial charge in [-0.2, -0.15) is 5.26 Å². The van der Waals surface area contributed by atoms with Gasteiger partial charge in [-0.15, -0.1) is 11.6 Å². The first-order valence-electron chi connectivity index (χ1n) is 7.55. The number of ether oxygens (including phenoxy) is 2. The van der Waals surface area contributed by atoms with Gasteiger partial charge in [-0.25, -0.2) is 0 Å². The molecule has 0 unspecified atom stereocenters. The molecule has 0 N–H and O–H groups in total. The molecule has 1 aliphatic carbocycles. The summed E-state index contributed by atoms with van der Waals surface area (Å²) in [6.07, 6.45) is 3.66. The van der Waals surface area contributed by atoms with E-state index in [-0.39, 0.29) is 5.69 Å². The lowest BCUT2D eigenvalue weighted by Crippen LogP contribution is -2.21. The van der Waals surface area contributed by atoms with E-state index < -0.39 is 10.3 Å². The van der Waals surface area contributed by atoms with Crippen molar-refractivity contribution in [2.24, 2.45) is 0 Å². The molecule has 0 spiro atoms. The number of alkyl halides is 1. The van der Waals surface area contributed by atoms with E-state index in [4.69, 9.17) is 21.1 Å². The van der Waals surface area contributed by atoms with Crippen LogP contribution < -0.4 is 9.47 Å². The molecule has 0 atom stereocenters. The van der Waals surface area contributed by atoms with E-state index in [1.807, 2.05) is 0 Å². The van der Waals surface area contributed by atoms with Gasteiger partial charge in [0, 0.05) is 5.88 Å². The van der Waals surface area contributed by atoms with Gasteiger partial charge in [0.05, 0.1) is 41.8 Å². The topological polar surface area (TPSA) is 85.4 Å². The Morgan fingerprint density at radius 3 is 2.61 bits per heavy atom. The zero-order valence-electron chi connectivity index (χ0n) is 13.0. The molecule has 6 nitrogen and oxygen atoms in total. The number of nitriles is 1. The normalized spacial score (nSPS) is 15.9. The highest BCUT2D eigenvalue weighted by Gasteiger charge is 2.41. The molecule has 0 saturated heterocycles. The van der Waals surface area contributed by atoms with Crippen LogP contribution in [0, 0.1) is 21.4 Å². The van der Waals surface area contributed by atoms with Crippen LogP contribution in [0.5, 0.6) is 11.5 Å². The number of hydrogen-bond acceptors (Lipinski definition) is 5. The summed E-state index contributed by atoms with van der Waals surface area (Å²) in [6.45, 7) is 0.347. The Morgan fingerprint density at radius 2 is 2.09 bits per heavy atom. The van der Waals surface area contributed by atoms with Crippen molar-refractivity contribution in [1.82, 2.24) is 0 Å². The summed E-state index contributed by atoms with van der Waals surface area (Å²) in [5.41, 5.74) is -0.483. The Hall–Kier alpha value is -2.00. The highest BCUT2D eigenvalue weighted by atomic mass is 35.5. The van der Waals surface area contributed by atoms with Gasteiger partial charge in [0.15, 0.2) is 11.5 Å². The van der Waals surface area contributed by atoms with E-state index in [1.165, 1.54) is 13.2 Å². The molecule has 0 amide bonds. The molecular formula is C16H19ClN2O4. The maximum Gasteiger partial charge on any atom is 0.278 e. The third kappa shape index (κ3) is 3.50. The minimum atomic E-state index is -0.815. The van der Waals surface area contributed by atoms with Crippen molar-refractivity contribution in [2.45, 2.75) is 37.5 Å². The molecule has 1 saturated carbocycles. The third-order valence-electron chi connectivity index (χ3n) is 4.20. The summed E-state index contributed by atoms with van der Waals surface area (Å²) in [7, 11) is 1.48. The van der Waals surface area contributed by atoms with Gasteiger partial charge in [0.25, 0.3) is 5.69 Å². The van der Waals surface area contributed by atoms with Crippen LogP contribution in [0.1, 0.15) is 37.7 Å². The minimum Gasteiger partial charge on any atom is -0.493 e. The van der Waals surface area contributed by atoms with Crippen LogP contribution in [0.2, 0.25) is 0 Å². The molecule has 0 aliphatic heterocycles. The molecule has 7 heteroatoms. The van der Waals surface area contributed by atoms with Crippen LogP contribution in [0.3, 0.4) is 0 Å². The highest BCUT2D eigenvalue weighted by molar-refractivity contribution is 6.17. The standard InChI is InChI=1S/C16H19ClN2O4/c1-22-14-9-12(16(11-18)5-2-3-6-16)13(19(20)21)10-15(14)23-8-4-7-17/h9-10H,2-8H2,1H3. The van der Waals surface area contributed by atoms with E-state index in [2.05, 4.69) is 6.07 Å². The Kier molecular flexibility index (Phi) is 5.67. The lowest BCUT2D eigenvalue weighted by molar-refractivity contribution is -0.386. The van der Waals surface area contributed by atoms with Gasteiger partial charge in [-0.05, 0) is 25.3 Å². The Balaban J connectivity index is 2.50. The number of benzene rings is 1. The molecule has 1 aromatic carbocycles. The average Bonchev–Trinajstić information content (AvgIpc) is 3.04. The summed E-state index contributed by atoms with van der Waals surface area (Å²) < 4.78 is 10.9. The van der Waals surface area contributed by atoms with E-state index in [9.17, 15) is 15.4 Å². The zero-order valence-corrected chi connectivity index (χ0v) is 13.8. The van der Waals surface area contributed by atoms with Crippen molar-refractivity contribution in [1.29, 1.82) is 5.26 Å². The molecule has 2 rings (SSSR count). The molecule has 124 valence electrons. The summed E-state index contributed by atoms with van der Waals surface area (Å²) in [6, 6.07) is 5.24. The lowest BCUT2D eigenvalue weighted by Gasteiger charge is -2.22. The highest BCUT2D eigenvalue weighted by Crippen LogP contribution is 2.47. The maximum atomic E-state index is 11.5. The summed E-state index contributed by atoms with van der Waals surface area (Å²) >= 11 is 5.62. The lowest BCUT2D eigenvalue weighted by atomic mass is 9.79. The van der Waals surface area contributed by atoms with Gasteiger partial charge in [0.1, 0.15) is 0 Å².